The van der Waals surface area contributed by atoms with Crippen molar-refractivity contribution in [3.8, 4) is 5.88 Å². The van der Waals surface area contributed by atoms with E-state index in [0.29, 0.717) is 11.3 Å². The minimum atomic E-state index is -3.95. The van der Waals surface area contributed by atoms with Crippen molar-refractivity contribution < 1.29 is 27.5 Å². The molecule has 3 N–H and O–H groups in total. The maximum Gasteiger partial charge on any atom is 0.337 e. The van der Waals surface area contributed by atoms with Crippen molar-refractivity contribution in [1.82, 2.24) is 15.3 Å². The monoisotopic (exact) mass is 501 g/mol. The first-order chi connectivity index (χ1) is 16.2. The van der Waals surface area contributed by atoms with E-state index in [9.17, 15) is 18.0 Å². The van der Waals surface area contributed by atoms with E-state index in [-0.39, 0.29) is 27.3 Å². The molecule has 0 aliphatic heterocycles. The molecule has 0 bridgehead atoms. The van der Waals surface area contributed by atoms with Crippen LogP contribution in [0.5, 0.6) is 5.88 Å². The van der Waals surface area contributed by atoms with Crippen molar-refractivity contribution in [2.24, 2.45) is 0 Å². The van der Waals surface area contributed by atoms with Gasteiger partial charge in [-0.15, -0.1) is 0 Å². The number of sulfonamides is 1. The molecule has 0 atom stereocenters. The molecular formula is C21H19N5O6S2. The zero-order valence-electron chi connectivity index (χ0n) is 17.9. The van der Waals surface area contributed by atoms with Gasteiger partial charge in [-0.3, -0.25) is 14.8 Å². The third-order valence-corrected chi connectivity index (χ3v) is 5.87. The number of rotatable bonds is 7. The number of thiocarbonyl (C=S) groups is 1. The molecule has 3 aromatic rings. The number of hydrogen-bond donors (Lipinski definition) is 3. The van der Waals surface area contributed by atoms with Gasteiger partial charge in [0.1, 0.15) is 0 Å². The maximum atomic E-state index is 12.6. The Hall–Kier alpha value is -4.10. The van der Waals surface area contributed by atoms with Gasteiger partial charge in [0.25, 0.3) is 21.8 Å². The lowest BCUT2D eigenvalue weighted by molar-refractivity contribution is 0.0600. The molecule has 34 heavy (non-hydrogen) atoms. The first kappa shape index (κ1) is 24.5. The fourth-order valence-electron chi connectivity index (χ4n) is 2.66. The zero-order valence-corrected chi connectivity index (χ0v) is 19.6. The molecular weight excluding hydrogens is 482 g/mol. The number of aromatic nitrogens is 2. The van der Waals surface area contributed by atoms with Crippen molar-refractivity contribution in [3.63, 3.8) is 0 Å². The molecule has 0 radical (unpaired) electrons. The number of carbonyl (C=O) groups is 2. The minimum Gasteiger partial charge on any atom is -0.478 e. The summed E-state index contributed by atoms with van der Waals surface area (Å²) >= 11 is 5.14. The van der Waals surface area contributed by atoms with E-state index in [1.165, 1.54) is 75.1 Å². The number of nitrogens with zero attached hydrogens (tertiary/aromatic N) is 2. The van der Waals surface area contributed by atoms with Crippen LogP contribution in [0.15, 0.2) is 65.8 Å². The van der Waals surface area contributed by atoms with Crippen LogP contribution in [0.3, 0.4) is 0 Å². The highest BCUT2D eigenvalue weighted by atomic mass is 32.2. The second-order valence-electron chi connectivity index (χ2n) is 6.52. The highest BCUT2D eigenvalue weighted by molar-refractivity contribution is 7.92. The van der Waals surface area contributed by atoms with Crippen LogP contribution in [-0.2, 0) is 14.8 Å². The molecule has 1 heterocycles. The summed E-state index contributed by atoms with van der Waals surface area (Å²) < 4.78 is 37.2. The van der Waals surface area contributed by atoms with Gasteiger partial charge in [0.2, 0.25) is 5.82 Å². The van der Waals surface area contributed by atoms with E-state index in [1.54, 1.807) is 0 Å². The van der Waals surface area contributed by atoms with E-state index in [2.05, 4.69) is 30.1 Å². The average molecular weight is 502 g/mol. The van der Waals surface area contributed by atoms with Crippen LogP contribution in [0.4, 0.5) is 11.5 Å². The number of ether oxygens (including phenoxy) is 2. The van der Waals surface area contributed by atoms with Crippen LogP contribution in [0.2, 0.25) is 0 Å². The summed E-state index contributed by atoms with van der Waals surface area (Å²) in [6, 6.07) is 11.5. The molecule has 3 rings (SSSR count). The molecule has 1 aromatic heterocycles. The van der Waals surface area contributed by atoms with Crippen molar-refractivity contribution in [3.05, 3.63) is 72.1 Å². The number of amides is 1. The molecule has 176 valence electrons. The van der Waals surface area contributed by atoms with Crippen LogP contribution in [0, 0.1) is 0 Å². The van der Waals surface area contributed by atoms with Crippen LogP contribution < -0.4 is 20.1 Å². The summed E-state index contributed by atoms with van der Waals surface area (Å²) in [6.07, 6.45) is 2.70. The molecule has 2 aromatic carbocycles. The minimum absolute atomic E-state index is 0.0000675. The second kappa shape index (κ2) is 10.7. The Morgan fingerprint density at radius 3 is 2.15 bits per heavy atom. The Morgan fingerprint density at radius 1 is 0.912 bits per heavy atom. The number of esters is 1. The number of benzene rings is 2. The predicted octanol–water partition coefficient (Wildman–Crippen LogP) is 2.20. The van der Waals surface area contributed by atoms with E-state index in [4.69, 9.17) is 17.0 Å². The largest absolute Gasteiger partial charge is 0.478 e. The van der Waals surface area contributed by atoms with Gasteiger partial charge in [-0.25, -0.2) is 23.2 Å². The van der Waals surface area contributed by atoms with Gasteiger partial charge in [-0.2, -0.15) is 0 Å². The Kier molecular flexibility index (Phi) is 7.71. The van der Waals surface area contributed by atoms with E-state index in [0.717, 1.165) is 0 Å². The van der Waals surface area contributed by atoms with Gasteiger partial charge in [0, 0.05) is 23.6 Å². The number of hydrogen-bond acceptors (Lipinski definition) is 9. The van der Waals surface area contributed by atoms with Crippen molar-refractivity contribution in [2.45, 2.75) is 4.90 Å². The highest BCUT2D eigenvalue weighted by Crippen LogP contribution is 2.22. The highest BCUT2D eigenvalue weighted by Gasteiger charge is 2.18. The van der Waals surface area contributed by atoms with E-state index in [1.807, 2.05) is 0 Å². The van der Waals surface area contributed by atoms with Gasteiger partial charge < -0.3 is 14.8 Å². The topological polar surface area (TPSA) is 149 Å². The molecule has 0 aliphatic carbocycles. The molecule has 0 saturated heterocycles. The summed E-state index contributed by atoms with van der Waals surface area (Å²) in [6.45, 7) is 0. The Labute approximate surface area is 200 Å². The Bertz CT molecular complexity index is 1310. The molecule has 0 saturated carbocycles. The summed E-state index contributed by atoms with van der Waals surface area (Å²) in [5.74, 6) is -1.02. The molecule has 0 unspecified atom stereocenters. The van der Waals surface area contributed by atoms with Gasteiger partial charge in [0.15, 0.2) is 5.11 Å². The summed E-state index contributed by atoms with van der Waals surface area (Å²) in [4.78, 5) is 31.6. The van der Waals surface area contributed by atoms with E-state index >= 15 is 0 Å². The lowest BCUT2D eigenvalue weighted by Gasteiger charge is -2.12. The normalized spacial score (nSPS) is 10.6. The number of anilines is 2. The SMILES string of the molecule is COC(=O)c1ccc(C(=O)NC(=S)Nc2ccc(S(=O)(=O)Nc3nccnc3OC)cc2)cc1. The Morgan fingerprint density at radius 2 is 1.53 bits per heavy atom. The molecule has 1 amide bonds. The van der Waals surface area contributed by atoms with Crippen LogP contribution in [0.25, 0.3) is 0 Å². The Balaban J connectivity index is 1.62. The molecule has 0 aliphatic rings. The predicted molar refractivity (Wildman–Crippen MR) is 127 cm³/mol. The first-order valence-corrected chi connectivity index (χ1v) is 11.4. The fourth-order valence-corrected chi connectivity index (χ4v) is 3.88. The van der Waals surface area contributed by atoms with E-state index < -0.39 is 21.9 Å². The van der Waals surface area contributed by atoms with Gasteiger partial charge in [-0.05, 0) is 60.7 Å². The van der Waals surface area contributed by atoms with Crippen LogP contribution in [0.1, 0.15) is 20.7 Å². The molecule has 13 heteroatoms. The van der Waals surface area contributed by atoms with Gasteiger partial charge in [-0.1, -0.05) is 0 Å². The molecule has 0 fully saturated rings. The third kappa shape index (κ3) is 6.02. The number of carbonyl (C=O) groups excluding carboxylic acids is 2. The van der Waals surface area contributed by atoms with Crippen molar-refractivity contribution in [1.29, 1.82) is 0 Å². The quantitative estimate of drug-likeness (QED) is 0.325. The number of nitrogens with one attached hydrogen (secondary N) is 3. The van der Waals surface area contributed by atoms with Crippen LogP contribution in [-0.4, -0.2) is 49.6 Å². The summed E-state index contributed by atoms with van der Waals surface area (Å²) in [5.41, 5.74) is 1.04. The van der Waals surface area contributed by atoms with Gasteiger partial charge >= 0.3 is 5.97 Å². The zero-order chi connectivity index (χ0) is 24.7. The lowest BCUT2D eigenvalue weighted by atomic mass is 10.1. The summed E-state index contributed by atoms with van der Waals surface area (Å²) in [5, 5.41) is 5.30. The lowest BCUT2D eigenvalue weighted by Crippen LogP contribution is -2.34. The smallest absolute Gasteiger partial charge is 0.337 e. The molecule has 0 spiro atoms. The number of methoxy groups -OCH3 is 2. The van der Waals surface area contributed by atoms with Crippen LogP contribution >= 0.6 is 12.2 Å². The third-order valence-electron chi connectivity index (χ3n) is 4.31. The van der Waals surface area contributed by atoms with Crippen molar-refractivity contribution in [2.75, 3.05) is 24.3 Å². The molecule has 11 nitrogen and oxygen atoms in total. The first-order valence-electron chi connectivity index (χ1n) is 9.52. The van der Waals surface area contributed by atoms with Gasteiger partial charge in [0.05, 0.1) is 24.7 Å². The average Bonchev–Trinajstić information content (AvgIpc) is 2.84. The second-order valence-corrected chi connectivity index (χ2v) is 8.61. The van der Waals surface area contributed by atoms with Crippen molar-refractivity contribution >= 4 is 50.7 Å². The summed E-state index contributed by atoms with van der Waals surface area (Å²) in [7, 11) is -1.34. The standard InChI is InChI=1S/C21H19N5O6S2/c1-31-19-17(22-11-12-23-19)26-34(29,30)16-9-7-15(8-10-16)24-21(33)25-18(27)13-3-5-14(6-4-13)20(28)32-2/h3-12H,1-2H3,(H,22,26)(H2,24,25,27,33). The fraction of sp³-hybridized carbons (Fsp3) is 0.0952. The maximum absolute atomic E-state index is 12.6.